The Morgan fingerprint density at radius 1 is 1.24 bits per heavy atom. The molecule has 0 radical (unpaired) electrons. The van der Waals surface area contributed by atoms with Gasteiger partial charge in [0, 0.05) is 32.1 Å². The number of hydrogen-bond acceptors (Lipinski definition) is 2. The number of nitrogens with zero attached hydrogens (tertiary/aromatic N) is 2. The molecule has 2 aliphatic rings. The molecule has 0 amide bonds. The van der Waals surface area contributed by atoms with Crippen LogP contribution in [0.1, 0.15) is 44.6 Å². The number of nitrogens with one attached hydrogen (secondary N) is 2. The highest BCUT2D eigenvalue weighted by Crippen LogP contribution is 2.43. The number of likely N-dealkylation sites (tertiary alicyclic amines) is 1. The standard InChI is InChI=1S/C21H34N4/c1-3-13-25-14-10-18(16-25)15-23-20(22-2)24-17-21(11-7-12-21)19-8-5-4-6-9-19/h4-6,8-9,18H,3,7,10-17H2,1-2H3,(H2,22,23,24). The van der Waals surface area contributed by atoms with Crippen LogP contribution in [0.25, 0.3) is 0 Å². The van der Waals surface area contributed by atoms with Crippen LogP contribution in [-0.2, 0) is 5.41 Å². The second-order valence-electron chi connectivity index (χ2n) is 7.76. The molecular weight excluding hydrogens is 308 g/mol. The average molecular weight is 343 g/mol. The molecule has 1 heterocycles. The van der Waals surface area contributed by atoms with E-state index in [-0.39, 0.29) is 0 Å². The van der Waals surface area contributed by atoms with Crippen LogP contribution >= 0.6 is 0 Å². The summed E-state index contributed by atoms with van der Waals surface area (Å²) in [5.41, 5.74) is 1.76. The van der Waals surface area contributed by atoms with Crippen LogP contribution in [0.5, 0.6) is 0 Å². The molecule has 1 aromatic rings. The highest BCUT2D eigenvalue weighted by molar-refractivity contribution is 5.79. The maximum absolute atomic E-state index is 4.44. The highest BCUT2D eigenvalue weighted by Gasteiger charge is 2.38. The second kappa shape index (κ2) is 8.70. The lowest BCUT2D eigenvalue weighted by molar-refractivity contribution is 0.243. The lowest BCUT2D eigenvalue weighted by atomic mass is 9.64. The van der Waals surface area contributed by atoms with Crippen LogP contribution in [0, 0.1) is 5.92 Å². The molecule has 1 saturated heterocycles. The number of hydrogen-bond donors (Lipinski definition) is 2. The molecule has 1 aliphatic carbocycles. The molecular formula is C21H34N4. The normalized spacial score (nSPS) is 23.3. The molecule has 1 atom stereocenters. The first-order valence-corrected chi connectivity index (χ1v) is 9.98. The van der Waals surface area contributed by atoms with Crippen molar-refractivity contribution in [3.05, 3.63) is 35.9 Å². The Bertz CT molecular complexity index is 550. The molecule has 4 heteroatoms. The van der Waals surface area contributed by atoms with Crippen molar-refractivity contribution in [1.82, 2.24) is 15.5 Å². The Balaban J connectivity index is 1.47. The molecule has 2 N–H and O–H groups in total. The molecule has 1 unspecified atom stereocenters. The molecule has 1 aromatic carbocycles. The van der Waals surface area contributed by atoms with E-state index in [1.165, 1.54) is 57.3 Å². The SMILES string of the molecule is CCCN1CCC(CNC(=NC)NCC2(c3ccccc3)CCC2)C1. The first-order valence-electron chi connectivity index (χ1n) is 9.98. The van der Waals surface area contributed by atoms with E-state index in [0.29, 0.717) is 5.41 Å². The molecule has 3 rings (SSSR count). The van der Waals surface area contributed by atoms with Crippen molar-refractivity contribution in [2.75, 3.05) is 39.8 Å². The van der Waals surface area contributed by atoms with E-state index in [1.807, 2.05) is 7.05 Å². The first kappa shape index (κ1) is 18.2. The lowest BCUT2D eigenvalue weighted by Gasteiger charge is -2.43. The van der Waals surface area contributed by atoms with Crippen LogP contribution in [0.2, 0.25) is 0 Å². The van der Waals surface area contributed by atoms with Gasteiger partial charge in [-0.2, -0.15) is 0 Å². The fourth-order valence-electron chi connectivity index (χ4n) is 4.28. The minimum atomic E-state index is 0.296. The zero-order valence-electron chi connectivity index (χ0n) is 15.9. The summed E-state index contributed by atoms with van der Waals surface area (Å²) in [6.45, 7) is 7.99. The predicted octanol–water partition coefficient (Wildman–Crippen LogP) is 3.01. The zero-order chi connectivity index (χ0) is 17.5. The Labute approximate surface area is 153 Å². The van der Waals surface area contributed by atoms with Gasteiger partial charge in [0.05, 0.1) is 0 Å². The van der Waals surface area contributed by atoms with E-state index in [1.54, 1.807) is 0 Å². The van der Waals surface area contributed by atoms with E-state index >= 15 is 0 Å². The lowest BCUT2D eigenvalue weighted by Crippen LogP contribution is -2.49. The van der Waals surface area contributed by atoms with Gasteiger partial charge in [0.15, 0.2) is 5.96 Å². The number of guanidine groups is 1. The van der Waals surface area contributed by atoms with Gasteiger partial charge < -0.3 is 15.5 Å². The van der Waals surface area contributed by atoms with Gasteiger partial charge in [-0.15, -0.1) is 0 Å². The molecule has 4 nitrogen and oxygen atoms in total. The zero-order valence-corrected chi connectivity index (χ0v) is 15.9. The summed E-state index contributed by atoms with van der Waals surface area (Å²) in [6.07, 6.45) is 6.44. The van der Waals surface area contributed by atoms with Gasteiger partial charge in [0.25, 0.3) is 0 Å². The van der Waals surface area contributed by atoms with Gasteiger partial charge >= 0.3 is 0 Å². The van der Waals surface area contributed by atoms with E-state index in [4.69, 9.17) is 0 Å². The van der Waals surface area contributed by atoms with Crippen molar-refractivity contribution in [3.63, 3.8) is 0 Å². The first-order chi connectivity index (χ1) is 12.3. The monoisotopic (exact) mass is 342 g/mol. The van der Waals surface area contributed by atoms with Crippen LogP contribution < -0.4 is 10.6 Å². The van der Waals surface area contributed by atoms with Crippen molar-refractivity contribution in [2.45, 2.75) is 44.4 Å². The third-order valence-electron chi connectivity index (χ3n) is 5.98. The Morgan fingerprint density at radius 3 is 2.68 bits per heavy atom. The van der Waals surface area contributed by atoms with Crippen molar-refractivity contribution >= 4 is 5.96 Å². The quantitative estimate of drug-likeness (QED) is 0.591. The minimum Gasteiger partial charge on any atom is -0.356 e. The van der Waals surface area contributed by atoms with Gasteiger partial charge in [-0.1, -0.05) is 43.7 Å². The Kier molecular flexibility index (Phi) is 6.35. The number of aliphatic imine (C=N–C) groups is 1. The summed E-state index contributed by atoms with van der Waals surface area (Å²) >= 11 is 0. The van der Waals surface area contributed by atoms with Crippen molar-refractivity contribution in [1.29, 1.82) is 0 Å². The van der Waals surface area contributed by atoms with E-state index in [9.17, 15) is 0 Å². The smallest absolute Gasteiger partial charge is 0.191 e. The average Bonchev–Trinajstić information content (AvgIpc) is 3.05. The van der Waals surface area contributed by atoms with Crippen LogP contribution in [0.4, 0.5) is 0 Å². The molecule has 1 aliphatic heterocycles. The van der Waals surface area contributed by atoms with Crippen molar-refractivity contribution in [3.8, 4) is 0 Å². The molecule has 1 saturated carbocycles. The molecule has 2 fully saturated rings. The summed E-state index contributed by atoms with van der Waals surface area (Å²) in [7, 11) is 1.88. The van der Waals surface area contributed by atoms with Crippen molar-refractivity contribution < 1.29 is 0 Å². The fraction of sp³-hybridized carbons (Fsp3) is 0.667. The number of rotatable bonds is 7. The molecule has 0 aromatic heterocycles. The summed E-state index contributed by atoms with van der Waals surface area (Å²) in [6, 6.07) is 11.0. The van der Waals surface area contributed by atoms with E-state index in [0.717, 1.165) is 25.0 Å². The van der Waals surface area contributed by atoms with Crippen molar-refractivity contribution in [2.24, 2.45) is 10.9 Å². The van der Waals surface area contributed by atoms with Gasteiger partial charge in [0.1, 0.15) is 0 Å². The maximum Gasteiger partial charge on any atom is 0.191 e. The summed E-state index contributed by atoms with van der Waals surface area (Å²) < 4.78 is 0. The highest BCUT2D eigenvalue weighted by atomic mass is 15.2. The summed E-state index contributed by atoms with van der Waals surface area (Å²) in [5, 5.41) is 7.15. The third-order valence-corrected chi connectivity index (χ3v) is 5.98. The topological polar surface area (TPSA) is 39.7 Å². The molecule has 138 valence electrons. The maximum atomic E-state index is 4.44. The van der Waals surface area contributed by atoms with Gasteiger partial charge in [-0.25, -0.2) is 0 Å². The van der Waals surface area contributed by atoms with Gasteiger partial charge in [-0.05, 0) is 50.3 Å². The van der Waals surface area contributed by atoms with Gasteiger partial charge in [-0.3, -0.25) is 4.99 Å². The minimum absolute atomic E-state index is 0.296. The van der Waals surface area contributed by atoms with Gasteiger partial charge in [0.2, 0.25) is 0 Å². The molecule has 25 heavy (non-hydrogen) atoms. The van der Waals surface area contributed by atoms with Crippen LogP contribution in [-0.4, -0.2) is 50.6 Å². The fourth-order valence-corrected chi connectivity index (χ4v) is 4.28. The van der Waals surface area contributed by atoms with E-state index < -0.39 is 0 Å². The Hall–Kier alpha value is -1.55. The largest absolute Gasteiger partial charge is 0.356 e. The molecule has 0 spiro atoms. The summed E-state index contributed by atoms with van der Waals surface area (Å²) in [5.74, 6) is 1.70. The molecule has 0 bridgehead atoms. The third kappa shape index (κ3) is 4.55. The van der Waals surface area contributed by atoms with Crippen LogP contribution in [0.3, 0.4) is 0 Å². The van der Waals surface area contributed by atoms with E-state index in [2.05, 4.69) is 57.8 Å². The van der Waals surface area contributed by atoms with Crippen LogP contribution in [0.15, 0.2) is 35.3 Å². The summed E-state index contributed by atoms with van der Waals surface area (Å²) in [4.78, 5) is 7.02. The number of benzene rings is 1. The Morgan fingerprint density at radius 2 is 2.04 bits per heavy atom. The predicted molar refractivity (Wildman–Crippen MR) is 106 cm³/mol. The second-order valence-corrected chi connectivity index (χ2v) is 7.76.